The van der Waals surface area contributed by atoms with E-state index in [9.17, 15) is 57.8 Å². The monoisotopic (exact) mass is 956 g/mol. The van der Waals surface area contributed by atoms with E-state index in [1.807, 2.05) is 19.1 Å². The van der Waals surface area contributed by atoms with E-state index in [-0.39, 0.29) is 42.8 Å². The number of carbonyl (C=O) groups is 11. The van der Waals surface area contributed by atoms with Crippen LogP contribution in [0.5, 0.6) is 0 Å². The Morgan fingerprint density at radius 3 is 1.74 bits per heavy atom. The second-order valence-corrected chi connectivity index (χ2v) is 17.3. The molecule has 0 spiro atoms. The van der Waals surface area contributed by atoms with Crippen molar-refractivity contribution in [2.45, 2.75) is 103 Å². The van der Waals surface area contributed by atoms with Crippen molar-refractivity contribution in [1.82, 2.24) is 42.8 Å². The van der Waals surface area contributed by atoms with Gasteiger partial charge in [-0.3, -0.25) is 48.6 Å². The summed E-state index contributed by atoms with van der Waals surface area (Å²) in [5.74, 6) is -9.10. The number of aliphatic carboxylic acids is 3. The van der Waals surface area contributed by atoms with Gasteiger partial charge in [0.05, 0.1) is 13.1 Å². The molecule has 0 aliphatic heterocycles. The highest BCUT2D eigenvalue weighted by atomic mass is 33.1. The molecular weight excluding hydrogens is 897 g/mol. The van der Waals surface area contributed by atoms with Crippen LogP contribution in [0, 0.1) is 12.8 Å². The molecule has 362 valence electrons. The molecule has 0 unspecified atom stereocenters. The average molecular weight is 957 g/mol. The zero-order chi connectivity index (χ0) is 48.7. The lowest BCUT2D eigenvalue weighted by atomic mass is 10.1. The summed E-state index contributed by atoms with van der Waals surface area (Å²) in [7, 11) is 2.16. The summed E-state index contributed by atoms with van der Waals surface area (Å²) >= 11 is 0. The first kappa shape index (κ1) is 56.9. The smallest absolute Gasteiger partial charge is 0.426 e. The van der Waals surface area contributed by atoms with E-state index in [0.29, 0.717) is 24.9 Å². The van der Waals surface area contributed by atoms with Gasteiger partial charge in [-0.1, -0.05) is 72.4 Å². The number of ether oxygens (including phenoxy) is 1. The van der Waals surface area contributed by atoms with Crippen LogP contribution in [0.4, 0.5) is 4.79 Å². The van der Waals surface area contributed by atoms with Gasteiger partial charge in [0.25, 0.3) is 5.91 Å². The summed E-state index contributed by atoms with van der Waals surface area (Å²) in [6, 6.07) is 3.01. The van der Waals surface area contributed by atoms with Crippen molar-refractivity contribution in [1.29, 1.82) is 0 Å². The fourth-order valence-corrected chi connectivity index (χ4v) is 7.24. The summed E-state index contributed by atoms with van der Waals surface area (Å²) in [5.41, 5.74) is 5.80. The SMILES string of the molecule is Cc1cccc(C(=O)NCCCCCCCC(=O)N[C@@H](CCC(=O)O)C(=O)NCC(=O)N[C@@H](CCC(=O)O)C(=O)NCC(=O)N[C@@H](CSSCCOC(=O)NNC(=O)C(C)C)C(=O)O)c1. The summed E-state index contributed by atoms with van der Waals surface area (Å²) in [5, 5.41) is 42.2. The highest BCUT2D eigenvalue weighted by Crippen LogP contribution is 2.21. The molecule has 0 saturated carbocycles. The minimum atomic E-state index is -1.51. The number of amides is 8. The van der Waals surface area contributed by atoms with E-state index in [2.05, 4.69) is 42.8 Å². The van der Waals surface area contributed by atoms with Crippen LogP contribution in [-0.2, 0) is 47.9 Å². The third kappa shape index (κ3) is 27.6. The van der Waals surface area contributed by atoms with E-state index in [1.165, 1.54) is 0 Å². The molecule has 0 radical (unpaired) electrons. The van der Waals surface area contributed by atoms with Gasteiger partial charge in [0.2, 0.25) is 35.4 Å². The Labute approximate surface area is 383 Å². The number of aryl methyl sites for hydroxylation is 1. The number of hydrogen-bond donors (Lipinski definition) is 11. The molecule has 0 aliphatic rings. The third-order valence-corrected chi connectivity index (χ3v) is 11.1. The van der Waals surface area contributed by atoms with E-state index in [0.717, 1.165) is 46.4 Å². The largest absolute Gasteiger partial charge is 0.481 e. The van der Waals surface area contributed by atoms with Crippen LogP contribution in [0.1, 0.15) is 94.0 Å². The van der Waals surface area contributed by atoms with Gasteiger partial charge in [-0.2, -0.15) is 0 Å². The average Bonchev–Trinajstić information content (AvgIpc) is 3.25. The number of carbonyl (C=O) groups excluding carboxylic acids is 8. The van der Waals surface area contributed by atoms with Crippen molar-refractivity contribution in [3.8, 4) is 0 Å². The molecule has 0 bridgehead atoms. The maximum atomic E-state index is 13.0. The van der Waals surface area contributed by atoms with Crippen molar-refractivity contribution >= 4 is 86.9 Å². The van der Waals surface area contributed by atoms with Gasteiger partial charge in [0.1, 0.15) is 24.7 Å². The summed E-state index contributed by atoms with van der Waals surface area (Å²) in [6.45, 7) is 4.04. The van der Waals surface area contributed by atoms with Gasteiger partial charge in [-0.15, -0.1) is 0 Å². The standard InChI is InChI=1S/C40H60N8O15S2/c1-24(2)35(56)47-48-40(62)63-18-19-64-65-23-29(39(60)61)46-32(51)22-43-38(59)28(14-16-34(54)55)45-31(50)21-42-37(58)27(13-15-33(52)53)44-30(49)12-7-5-4-6-8-17-41-36(57)26-11-9-10-25(3)20-26/h9-11,20,24,27-29H,4-8,12-19,21-23H2,1-3H3,(H,41,57)(H,42,58)(H,43,59)(H,44,49)(H,45,50)(H,46,51)(H,47,56)(H,48,62)(H,52,53)(H,54,55)(H,60,61)/t27-,28-,29-/m0/s1. The predicted molar refractivity (Wildman–Crippen MR) is 237 cm³/mol. The molecule has 0 aliphatic carbocycles. The Balaban J connectivity index is 2.55. The predicted octanol–water partition coefficient (Wildman–Crippen LogP) is 0.361. The van der Waals surface area contributed by atoms with Crippen molar-refractivity contribution < 1.29 is 72.8 Å². The number of hydrazine groups is 1. The highest BCUT2D eigenvalue weighted by molar-refractivity contribution is 8.76. The van der Waals surface area contributed by atoms with Gasteiger partial charge in [-0.25, -0.2) is 15.0 Å². The molecule has 0 heterocycles. The number of carboxylic acid groups (broad SMARTS) is 3. The Morgan fingerprint density at radius 2 is 1.18 bits per heavy atom. The number of carboxylic acids is 3. The van der Waals surface area contributed by atoms with E-state index < -0.39 is 110 Å². The van der Waals surface area contributed by atoms with E-state index in [4.69, 9.17) is 14.9 Å². The molecule has 1 rings (SSSR count). The van der Waals surface area contributed by atoms with Crippen molar-refractivity contribution in [3.05, 3.63) is 35.4 Å². The van der Waals surface area contributed by atoms with Gasteiger partial charge >= 0.3 is 24.0 Å². The quantitative estimate of drug-likeness (QED) is 0.0264. The fraction of sp³-hybridized carbons (Fsp3) is 0.575. The number of rotatable bonds is 32. The molecule has 25 heteroatoms. The highest BCUT2D eigenvalue weighted by Gasteiger charge is 2.26. The summed E-state index contributed by atoms with van der Waals surface area (Å²) < 4.78 is 4.88. The number of unbranched alkanes of at least 4 members (excludes halogenated alkanes) is 4. The maximum Gasteiger partial charge on any atom is 0.426 e. The molecule has 23 nitrogen and oxygen atoms in total. The Morgan fingerprint density at radius 1 is 0.631 bits per heavy atom. The van der Waals surface area contributed by atoms with Crippen molar-refractivity contribution in [2.24, 2.45) is 5.92 Å². The zero-order valence-electron chi connectivity index (χ0n) is 36.5. The Kier molecular flexibility index (Phi) is 28.5. The van der Waals surface area contributed by atoms with Crippen LogP contribution < -0.4 is 42.8 Å². The zero-order valence-corrected chi connectivity index (χ0v) is 38.1. The Hall–Kier alpha value is -6.11. The molecule has 1 aromatic rings. The van der Waals surface area contributed by atoms with Crippen molar-refractivity contribution in [3.63, 3.8) is 0 Å². The lowest BCUT2D eigenvalue weighted by molar-refractivity contribution is -0.141. The number of hydrogen-bond acceptors (Lipinski definition) is 14. The van der Waals surface area contributed by atoms with Crippen LogP contribution in [0.15, 0.2) is 24.3 Å². The third-order valence-electron chi connectivity index (χ3n) is 8.75. The first-order chi connectivity index (χ1) is 30.8. The molecule has 65 heavy (non-hydrogen) atoms. The second kappa shape index (κ2) is 32.5. The van der Waals surface area contributed by atoms with Crippen LogP contribution in [0.2, 0.25) is 0 Å². The lowest BCUT2D eigenvalue weighted by Crippen LogP contribution is -2.53. The minimum Gasteiger partial charge on any atom is -0.481 e. The lowest BCUT2D eigenvalue weighted by Gasteiger charge is -2.20. The fourth-order valence-electron chi connectivity index (χ4n) is 5.25. The first-order valence-corrected chi connectivity index (χ1v) is 23.2. The summed E-state index contributed by atoms with van der Waals surface area (Å²) in [6.07, 6.45) is 0.797. The second-order valence-electron chi connectivity index (χ2n) is 14.7. The topological polar surface area (TPSA) is 354 Å². The molecule has 8 amide bonds. The van der Waals surface area contributed by atoms with Crippen LogP contribution in [0.3, 0.4) is 0 Å². The molecule has 0 saturated heterocycles. The molecule has 11 N–H and O–H groups in total. The van der Waals surface area contributed by atoms with Crippen LogP contribution in [-0.4, -0.2) is 137 Å². The maximum absolute atomic E-state index is 13.0. The van der Waals surface area contributed by atoms with E-state index >= 15 is 0 Å². The van der Waals surface area contributed by atoms with Gasteiger partial charge < -0.3 is 52.0 Å². The normalized spacial score (nSPS) is 12.0. The first-order valence-electron chi connectivity index (χ1n) is 20.7. The van der Waals surface area contributed by atoms with Gasteiger partial charge in [0, 0.05) is 48.8 Å². The van der Waals surface area contributed by atoms with Crippen LogP contribution >= 0.6 is 21.6 Å². The Bertz CT molecular complexity index is 1800. The summed E-state index contributed by atoms with van der Waals surface area (Å²) in [4.78, 5) is 133. The minimum absolute atomic E-state index is 0.0381. The van der Waals surface area contributed by atoms with E-state index in [1.54, 1.807) is 26.0 Å². The molecule has 0 aromatic heterocycles. The van der Waals surface area contributed by atoms with Gasteiger partial charge in [-0.05, 0) is 44.7 Å². The molecular formula is C40H60N8O15S2. The number of benzene rings is 1. The molecule has 1 aromatic carbocycles. The van der Waals surface area contributed by atoms with Gasteiger partial charge in [0.15, 0.2) is 0 Å². The van der Waals surface area contributed by atoms with Crippen LogP contribution in [0.25, 0.3) is 0 Å². The van der Waals surface area contributed by atoms with Crippen molar-refractivity contribution in [2.75, 3.05) is 37.7 Å². The number of nitrogens with one attached hydrogen (secondary N) is 8. The molecule has 0 fully saturated rings. The molecule has 3 atom stereocenters.